The van der Waals surface area contributed by atoms with Crippen molar-refractivity contribution < 1.29 is 0 Å². The highest BCUT2D eigenvalue weighted by Crippen LogP contribution is 2.38. The lowest BCUT2D eigenvalue weighted by Gasteiger charge is -2.27. The Hall–Kier alpha value is -1.32. The molecule has 4 nitrogen and oxygen atoms in total. The summed E-state index contributed by atoms with van der Waals surface area (Å²) in [5.74, 6) is 2.99. The van der Waals surface area contributed by atoms with Crippen LogP contribution in [0.15, 0.2) is 6.07 Å². The first-order chi connectivity index (χ1) is 9.66. The Labute approximate surface area is 123 Å². The molecule has 112 valence electrons. The van der Waals surface area contributed by atoms with Gasteiger partial charge in [-0.3, -0.25) is 0 Å². The van der Waals surface area contributed by atoms with Crippen LogP contribution in [0.1, 0.15) is 52.3 Å². The van der Waals surface area contributed by atoms with E-state index in [-0.39, 0.29) is 0 Å². The molecule has 1 aliphatic heterocycles. The number of aryl methyl sites for hydroxylation is 1. The molecule has 1 saturated heterocycles. The molecule has 2 rings (SSSR count). The van der Waals surface area contributed by atoms with Gasteiger partial charge in [0.2, 0.25) is 0 Å². The lowest BCUT2D eigenvalue weighted by molar-refractivity contribution is 0.301. The lowest BCUT2D eigenvalue weighted by Crippen LogP contribution is -2.27. The van der Waals surface area contributed by atoms with Crippen LogP contribution in [-0.2, 0) is 6.42 Å². The normalized spacial score (nSPS) is 17.5. The number of anilines is 2. The zero-order valence-electron chi connectivity index (χ0n) is 13.4. The Bertz CT molecular complexity index is 440. The Balaban J connectivity index is 2.22. The predicted molar refractivity (Wildman–Crippen MR) is 85.4 cm³/mol. The van der Waals surface area contributed by atoms with Crippen molar-refractivity contribution in [1.82, 2.24) is 9.97 Å². The van der Waals surface area contributed by atoms with Crippen LogP contribution in [0.3, 0.4) is 0 Å². The summed E-state index contributed by atoms with van der Waals surface area (Å²) in [5.41, 5.74) is 0.482. The SMILES string of the molecule is CCCc1nc(NC)cc(N2CCC(CC)(CC)C2)n1. The number of hydrogen-bond donors (Lipinski definition) is 1. The first-order valence-electron chi connectivity index (χ1n) is 7.97. The summed E-state index contributed by atoms with van der Waals surface area (Å²) >= 11 is 0. The molecule has 0 aliphatic carbocycles. The second kappa shape index (κ2) is 6.42. The highest BCUT2D eigenvalue weighted by atomic mass is 15.2. The van der Waals surface area contributed by atoms with Gasteiger partial charge >= 0.3 is 0 Å². The van der Waals surface area contributed by atoms with Crippen LogP contribution in [0, 0.1) is 5.41 Å². The quantitative estimate of drug-likeness (QED) is 0.863. The van der Waals surface area contributed by atoms with Crippen molar-refractivity contribution in [2.45, 2.75) is 52.9 Å². The average Bonchev–Trinajstić information content (AvgIpc) is 2.92. The van der Waals surface area contributed by atoms with Crippen LogP contribution in [0.4, 0.5) is 11.6 Å². The fourth-order valence-electron chi connectivity index (χ4n) is 3.07. The summed E-state index contributed by atoms with van der Waals surface area (Å²) in [6.45, 7) is 9.05. The zero-order chi connectivity index (χ0) is 14.6. The monoisotopic (exact) mass is 276 g/mol. The second-order valence-electron chi connectivity index (χ2n) is 5.91. The first-order valence-corrected chi connectivity index (χ1v) is 7.97. The van der Waals surface area contributed by atoms with E-state index in [1.54, 1.807) is 0 Å². The summed E-state index contributed by atoms with van der Waals surface area (Å²) in [6.07, 6.45) is 5.82. The molecular formula is C16H28N4. The molecule has 1 aliphatic rings. The summed E-state index contributed by atoms with van der Waals surface area (Å²) in [7, 11) is 1.92. The molecule has 20 heavy (non-hydrogen) atoms. The maximum atomic E-state index is 4.76. The van der Waals surface area contributed by atoms with E-state index in [4.69, 9.17) is 4.98 Å². The summed E-state index contributed by atoms with van der Waals surface area (Å²) in [5, 5.41) is 3.16. The van der Waals surface area contributed by atoms with Crippen LogP contribution in [0.2, 0.25) is 0 Å². The molecule has 1 N–H and O–H groups in total. The Morgan fingerprint density at radius 2 is 2.00 bits per heavy atom. The minimum absolute atomic E-state index is 0.482. The minimum Gasteiger partial charge on any atom is -0.373 e. The standard InChI is InChI=1S/C16H28N4/c1-5-8-13-18-14(17-4)11-15(19-13)20-10-9-16(6-2,7-3)12-20/h11H,5-10,12H2,1-4H3,(H,17,18,19). The van der Waals surface area contributed by atoms with Gasteiger partial charge in [-0.1, -0.05) is 20.8 Å². The fraction of sp³-hybridized carbons (Fsp3) is 0.750. The molecule has 0 atom stereocenters. The first kappa shape index (κ1) is 15.1. The molecule has 0 aromatic carbocycles. The van der Waals surface area contributed by atoms with Crippen LogP contribution in [0.25, 0.3) is 0 Å². The third-order valence-electron chi connectivity index (χ3n) is 4.75. The molecule has 0 saturated carbocycles. The largest absolute Gasteiger partial charge is 0.373 e. The number of rotatable bonds is 6. The van der Waals surface area contributed by atoms with E-state index in [0.29, 0.717) is 5.41 Å². The van der Waals surface area contributed by atoms with Crippen molar-refractivity contribution in [3.05, 3.63) is 11.9 Å². The van der Waals surface area contributed by atoms with Crippen LogP contribution < -0.4 is 10.2 Å². The van der Waals surface area contributed by atoms with E-state index < -0.39 is 0 Å². The van der Waals surface area contributed by atoms with Crippen molar-refractivity contribution in [3.8, 4) is 0 Å². The molecule has 1 aromatic rings. The molecule has 0 amide bonds. The molecule has 2 heterocycles. The van der Waals surface area contributed by atoms with Gasteiger partial charge in [0.1, 0.15) is 17.5 Å². The molecular weight excluding hydrogens is 248 g/mol. The number of aromatic nitrogens is 2. The van der Waals surface area contributed by atoms with Gasteiger partial charge in [-0.2, -0.15) is 0 Å². The van der Waals surface area contributed by atoms with Crippen molar-refractivity contribution in [2.24, 2.45) is 5.41 Å². The minimum atomic E-state index is 0.482. The van der Waals surface area contributed by atoms with E-state index in [9.17, 15) is 0 Å². The highest BCUT2D eigenvalue weighted by Gasteiger charge is 2.35. The van der Waals surface area contributed by atoms with Crippen LogP contribution in [-0.4, -0.2) is 30.1 Å². The average molecular weight is 276 g/mol. The van der Waals surface area contributed by atoms with E-state index >= 15 is 0 Å². The van der Waals surface area contributed by atoms with Gasteiger partial charge in [0.25, 0.3) is 0 Å². The third kappa shape index (κ3) is 3.05. The van der Waals surface area contributed by atoms with E-state index in [0.717, 1.165) is 43.4 Å². The van der Waals surface area contributed by atoms with E-state index in [1.165, 1.54) is 19.3 Å². The number of hydrogen-bond acceptors (Lipinski definition) is 4. The number of nitrogens with zero attached hydrogens (tertiary/aromatic N) is 3. The van der Waals surface area contributed by atoms with Crippen LogP contribution in [0.5, 0.6) is 0 Å². The van der Waals surface area contributed by atoms with Gasteiger partial charge in [-0.15, -0.1) is 0 Å². The molecule has 0 spiro atoms. The van der Waals surface area contributed by atoms with Gasteiger partial charge in [0, 0.05) is 32.6 Å². The van der Waals surface area contributed by atoms with Crippen molar-refractivity contribution in [1.29, 1.82) is 0 Å². The molecule has 0 unspecified atom stereocenters. The maximum absolute atomic E-state index is 4.76. The molecule has 4 heteroatoms. The highest BCUT2D eigenvalue weighted by molar-refractivity contribution is 5.50. The second-order valence-corrected chi connectivity index (χ2v) is 5.91. The zero-order valence-corrected chi connectivity index (χ0v) is 13.4. The maximum Gasteiger partial charge on any atom is 0.134 e. The molecule has 1 fully saturated rings. The Kier molecular flexibility index (Phi) is 4.84. The smallest absolute Gasteiger partial charge is 0.134 e. The van der Waals surface area contributed by atoms with Crippen LogP contribution >= 0.6 is 0 Å². The van der Waals surface area contributed by atoms with Crippen molar-refractivity contribution >= 4 is 11.6 Å². The number of nitrogens with one attached hydrogen (secondary N) is 1. The van der Waals surface area contributed by atoms with Gasteiger partial charge in [0.05, 0.1) is 0 Å². The topological polar surface area (TPSA) is 41.1 Å². The molecule has 1 aromatic heterocycles. The van der Waals surface area contributed by atoms with Gasteiger partial charge in [-0.05, 0) is 31.1 Å². The van der Waals surface area contributed by atoms with Gasteiger partial charge in [0.15, 0.2) is 0 Å². The van der Waals surface area contributed by atoms with Gasteiger partial charge < -0.3 is 10.2 Å². The third-order valence-corrected chi connectivity index (χ3v) is 4.75. The lowest BCUT2D eigenvalue weighted by atomic mass is 9.82. The predicted octanol–water partition coefficient (Wildman–Crippen LogP) is 3.49. The summed E-state index contributed by atoms with van der Waals surface area (Å²) < 4.78 is 0. The van der Waals surface area contributed by atoms with Crippen molar-refractivity contribution in [2.75, 3.05) is 30.4 Å². The molecule has 0 bridgehead atoms. The van der Waals surface area contributed by atoms with E-state index in [2.05, 4.69) is 42.0 Å². The Morgan fingerprint density at radius 3 is 2.55 bits per heavy atom. The van der Waals surface area contributed by atoms with E-state index in [1.807, 2.05) is 7.05 Å². The Morgan fingerprint density at radius 1 is 1.25 bits per heavy atom. The van der Waals surface area contributed by atoms with Gasteiger partial charge in [-0.25, -0.2) is 9.97 Å². The van der Waals surface area contributed by atoms with Crippen molar-refractivity contribution in [3.63, 3.8) is 0 Å². The summed E-state index contributed by atoms with van der Waals surface area (Å²) in [6, 6.07) is 2.08. The molecule has 0 radical (unpaired) electrons. The fourth-order valence-corrected chi connectivity index (χ4v) is 3.07. The summed E-state index contributed by atoms with van der Waals surface area (Å²) in [4.78, 5) is 11.7.